The van der Waals surface area contributed by atoms with E-state index in [0.717, 1.165) is 37.8 Å². The average Bonchev–Trinajstić information content (AvgIpc) is 3.65. The van der Waals surface area contributed by atoms with Gasteiger partial charge in [0, 0.05) is 31.0 Å². The SMILES string of the molecule is O=C(C1CC1)N1CCc2nc(C3CCCCN3C(=O)c3ccc(F)c(F)c3)[nH]c(=O)c2C1. The first kappa shape index (κ1) is 20.8. The molecule has 2 amide bonds. The summed E-state index contributed by atoms with van der Waals surface area (Å²) in [6, 6.07) is 2.65. The lowest BCUT2D eigenvalue weighted by atomic mass is 9.99. The van der Waals surface area contributed by atoms with Gasteiger partial charge in [0.25, 0.3) is 11.5 Å². The van der Waals surface area contributed by atoms with Crippen molar-refractivity contribution in [1.82, 2.24) is 19.8 Å². The second-order valence-electron chi connectivity index (χ2n) is 8.80. The third kappa shape index (κ3) is 3.80. The van der Waals surface area contributed by atoms with Crippen molar-refractivity contribution in [3.8, 4) is 0 Å². The molecule has 1 aliphatic carbocycles. The highest BCUT2D eigenvalue weighted by Gasteiger charge is 2.36. The summed E-state index contributed by atoms with van der Waals surface area (Å²) in [6.45, 7) is 1.23. The average molecular weight is 442 g/mol. The van der Waals surface area contributed by atoms with Crippen LogP contribution in [0.1, 0.15) is 65.6 Å². The lowest BCUT2D eigenvalue weighted by molar-refractivity contribution is -0.133. The second kappa shape index (κ2) is 8.11. The minimum atomic E-state index is -1.07. The van der Waals surface area contributed by atoms with Gasteiger partial charge in [0.15, 0.2) is 11.6 Å². The maximum atomic E-state index is 13.7. The molecule has 3 aliphatic rings. The molecule has 9 heteroatoms. The number of fused-ring (bicyclic) bond motifs is 1. The Kier molecular flexibility index (Phi) is 5.27. The molecule has 1 saturated heterocycles. The predicted octanol–water partition coefficient (Wildman–Crippen LogP) is 2.71. The summed E-state index contributed by atoms with van der Waals surface area (Å²) in [5, 5.41) is 0. The van der Waals surface area contributed by atoms with E-state index in [0.29, 0.717) is 43.0 Å². The van der Waals surface area contributed by atoms with Crippen LogP contribution in [0.2, 0.25) is 0 Å². The van der Waals surface area contributed by atoms with Gasteiger partial charge >= 0.3 is 0 Å². The summed E-state index contributed by atoms with van der Waals surface area (Å²) in [7, 11) is 0. The molecule has 2 fully saturated rings. The molecule has 3 heterocycles. The number of amides is 2. The van der Waals surface area contributed by atoms with Crippen LogP contribution in [0.15, 0.2) is 23.0 Å². The van der Waals surface area contributed by atoms with Crippen LogP contribution in [0.4, 0.5) is 8.78 Å². The fraction of sp³-hybridized carbons (Fsp3) is 0.478. The Morgan fingerprint density at radius 1 is 1.06 bits per heavy atom. The molecule has 2 aromatic rings. The number of likely N-dealkylation sites (tertiary alicyclic amines) is 1. The fourth-order valence-electron chi connectivity index (χ4n) is 4.63. The highest BCUT2D eigenvalue weighted by Crippen LogP contribution is 2.33. The number of aromatic nitrogens is 2. The normalized spacial score (nSPS) is 20.8. The standard InChI is InChI=1S/C23H24F2N4O3/c24-16-7-6-14(11-17(16)25)23(32)29-9-2-1-3-19(29)20-26-18-8-10-28(22(31)13-4-5-13)12-15(18)21(30)27-20/h6-7,11,13,19H,1-5,8-10,12H2,(H,26,27,30). The van der Waals surface area contributed by atoms with Crippen LogP contribution in [-0.2, 0) is 17.8 Å². The lowest BCUT2D eigenvalue weighted by Crippen LogP contribution is -2.43. The van der Waals surface area contributed by atoms with Crippen molar-refractivity contribution in [2.24, 2.45) is 5.92 Å². The molecule has 0 spiro atoms. The topological polar surface area (TPSA) is 86.4 Å². The molecule has 5 rings (SSSR count). The number of carbonyl (C=O) groups excluding carboxylic acids is 2. The number of benzene rings is 1. The third-order valence-electron chi connectivity index (χ3n) is 6.57. The van der Waals surface area contributed by atoms with E-state index >= 15 is 0 Å². The first-order chi connectivity index (χ1) is 15.4. The Bertz CT molecular complexity index is 1140. The number of hydrogen-bond acceptors (Lipinski definition) is 4. The van der Waals surface area contributed by atoms with Crippen LogP contribution in [0.5, 0.6) is 0 Å². The number of hydrogen-bond donors (Lipinski definition) is 1. The Balaban J connectivity index is 1.42. The third-order valence-corrected chi connectivity index (χ3v) is 6.57. The van der Waals surface area contributed by atoms with E-state index in [4.69, 9.17) is 0 Å². The zero-order chi connectivity index (χ0) is 22.4. The molecule has 1 aromatic heterocycles. The van der Waals surface area contributed by atoms with Crippen molar-refractivity contribution in [1.29, 1.82) is 0 Å². The van der Waals surface area contributed by atoms with Crippen molar-refractivity contribution in [3.05, 3.63) is 62.8 Å². The molecule has 32 heavy (non-hydrogen) atoms. The summed E-state index contributed by atoms with van der Waals surface area (Å²) in [6.07, 6.45) is 4.58. The summed E-state index contributed by atoms with van der Waals surface area (Å²) in [5.41, 5.74) is 0.937. The van der Waals surface area contributed by atoms with Crippen molar-refractivity contribution in [3.63, 3.8) is 0 Å². The highest BCUT2D eigenvalue weighted by molar-refractivity contribution is 5.94. The van der Waals surface area contributed by atoms with Crippen molar-refractivity contribution in [2.45, 2.75) is 51.1 Å². The van der Waals surface area contributed by atoms with Crippen LogP contribution in [0.25, 0.3) is 0 Å². The summed E-state index contributed by atoms with van der Waals surface area (Å²) in [4.78, 5) is 49.2. The number of nitrogens with zero attached hydrogens (tertiary/aromatic N) is 3. The molecule has 0 radical (unpaired) electrons. The quantitative estimate of drug-likeness (QED) is 0.792. The Labute approximate surface area is 183 Å². The van der Waals surface area contributed by atoms with Crippen LogP contribution in [0.3, 0.4) is 0 Å². The monoisotopic (exact) mass is 442 g/mol. The fourth-order valence-corrected chi connectivity index (χ4v) is 4.63. The first-order valence-electron chi connectivity index (χ1n) is 11.1. The maximum absolute atomic E-state index is 13.7. The van der Waals surface area contributed by atoms with Crippen LogP contribution in [0, 0.1) is 17.6 Å². The maximum Gasteiger partial charge on any atom is 0.256 e. The van der Waals surface area contributed by atoms with Crippen LogP contribution < -0.4 is 5.56 Å². The van der Waals surface area contributed by atoms with Gasteiger partial charge in [-0.2, -0.15) is 0 Å². The zero-order valence-corrected chi connectivity index (χ0v) is 17.6. The van der Waals surface area contributed by atoms with Gasteiger partial charge in [-0.1, -0.05) is 0 Å². The lowest BCUT2D eigenvalue weighted by Gasteiger charge is -2.36. The molecule has 2 aliphatic heterocycles. The smallest absolute Gasteiger partial charge is 0.256 e. The molecular weight excluding hydrogens is 418 g/mol. The summed E-state index contributed by atoms with van der Waals surface area (Å²) < 4.78 is 27.0. The van der Waals surface area contributed by atoms with Gasteiger partial charge < -0.3 is 14.8 Å². The molecule has 1 saturated carbocycles. The first-order valence-corrected chi connectivity index (χ1v) is 11.1. The van der Waals surface area contributed by atoms with Gasteiger partial charge in [0.2, 0.25) is 5.91 Å². The molecule has 1 N–H and O–H groups in total. The van der Waals surface area contributed by atoms with Gasteiger partial charge in [0.05, 0.1) is 23.8 Å². The number of halogens is 2. The van der Waals surface area contributed by atoms with E-state index < -0.39 is 23.6 Å². The van der Waals surface area contributed by atoms with Gasteiger partial charge in [0.1, 0.15) is 5.82 Å². The largest absolute Gasteiger partial charge is 0.337 e. The molecule has 168 valence electrons. The minimum absolute atomic E-state index is 0.0605. The van der Waals surface area contributed by atoms with Gasteiger partial charge in [-0.3, -0.25) is 14.4 Å². The molecule has 7 nitrogen and oxygen atoms in total. The van der Waals surface area contributed by atoms with E-state index in [1.165, 1.54) is 6.07 Å². The van der Waals surface area contributed by atoms with E-state index in [-0.39, 0.29) is 29.5 Å². The van der Waals surface area contributed by atoms with E-state index in [2.05, 4.69) is 9.97 Å². The van der Waals surface area contributed by atoms with Gasteiger partial charge in [-0.05, 0) is 50.3 Å². The molecular formula is C23H24F2N4O3. The number of H-pyrrole nitrogens is 1. The Morgan fingerprint density at radius 3 is 2.62 bits per heavy atom. The second-order valence-corrected chi connectivity index (χ2v) is 8.80. The highest BCUT2D eigenvalue weighted by atomic mass is 19.2. The van der Waals surface area contributed by atoms with Crippen LogP contribution >= 0.6 is 0 Å². The van der Waals surface area contributed by atoms with E-state index in [1.807, 2.05) is 0 Å². The molecule has 1 atom stereocenters. The number of piperidine rings is 1. The van der Waals surface area contributed by atoms with Crippen molar-refractivity contribution < 1.29 is 18.4 Å². The number of carbonyl (C=O) groups is 2. The molecule has 1 unspecified atom stereocenters. The van der Waals surface area contributed by atoms with E-state index in [9.17, 15) is 23.2 Å². The summed E-state index contributed by atoms with van der Waals surface area (Å²) in [5.74, 6) is -1.89. The molecule has 0 bridgehead atoms. The number of rotatable bonds is 3. The predicted molar refractivity (Wildman–Crippen MR) is 111 cm³/mol. The zero-order valence-electron chi connectivity index (χ0n) is 17.6. The summed E-state index contributed by atoms with van der Waals surface area (Å²) >= 11 is 0. The number of aromatic amines is 1. The number of nitrogens with one attached hydrogen (secondary N) is 1. The van der Waals surface area contributed by atoms with E-state index in [1.54, 1.807) is 9.80 Å². The Morgan fingerprint density at radius 2 is 1.88 bits per heavy atom. The minimum Gasteiger partial charge on any atom is -0.337 e. The van der Waals surface area contributed by atoms with Gasteiger partial charge in [-0.15, -0.1) is 0 Å². The van der Waals surface area contributed by atoms with Crippen molar-refractivity contribution in [2.75, 3.05) is 13.1 Å². The molecule has 1 aromatic carbocycles. The van der Waals surface area contributed by atoms with Gasteiger partial charge in [-0.25, -0.2) is 13.8 Å². The van der Waals surface area contributed by atoms with Crippen LogP contribution in [-0.4, -0.2) is 44.7 Å². The van der Waals surface area contributed by atoms with Crippen molar-refractivity contribution >= 4 is 11.8 Å². The Hall–Kier alpha value is -3.10.